The molecule has 0 radical (unpaired) electrons. The van der Waals surface area contributed by atoms with Gasteiger partial charge in [0, 0.05) is 17.8 Å². The Morgan fingerprint density at radius 2 is 2.00 bits per heavy atom. The van der Waals surface area contributed by atoms with Gasteiger partial charge in [0.15, 0.2) is 0 Å². The van der Waals surface area contributed by atoms with Gasteiger partial charge in [-0.3, -0.25) is 10.1 Å². The molecule has 1 aliphatic rings. The van der Waals surface area contributed by atoms with Gasteiger partial charge in [0.1, 0.15) is 11.9 Å². The molecule has 108 valence electrons. The van der Waals surface area contributed by atoms with Gasteiger partial charge in [0.25, 0.3) is 0 Å². The maximum absolute atomic E-state index is 13.3. The summed E-state index contributed by atoms with van der Waals surface area (Å²) in [6.07, 6.45) is -0.725. The van der Waals surface area contributed by atoms with Crippen molar-refractivity contribution in [1.82, 2.24) is 5.32 Å². The molecule has 2 atom stereocenters. The number of amides is 1. The van der Waals surface area contributed by atoms with Crippen LogP contribution in [0, 0.1) is 5.82 Å². The molecule has 5 heteroatoms. The number of halogens is 1. The van der Waals surface area contributed by atoms with Crippen LogP contribution in [0.25, 0.3) is 0 Å². The molecule has 2 aromatic carbocycles. The number of anilines is 1. The van der Waals surface area contributed by atoms with Gasteiger partial charge in [-0.2, -0.15) is 0 Å². The molecule has 21 heavy (non-hydrogen) atoms. The Morgan fingerprint density at radius 1 is 1.24 bits per heavy atom. The number of rotatable bonds is 4. The lowest BCUT2D eigenvalue weighted by atomic mass is 10.1. The van der Waals surface area contributed by atoms with Gasteiger partial charge in [-0.25, -0.2) is 4.39 Å². The van der Waals surface area contributed by atoms with Crippen molar-refractivity contribution in [3.63, 3.8) is 0 Å². The van der Waals surface area contributed by atoms with E-state index in [0.29, 0.717) is 11.3 Å². The molecule has 1 heterocycles. The van der Waals surface area contributed by atoms with Crippen molar-refractivity contribution in [3.05, 3.63) is 65.5 Å². The zero-order valence-electron chi connectivity index (χ0n) is 11.2. The van der Waals surface area contributed by atoms with Gasteiger partial charge in [-0.15, -0.1) is 0 Å². The summed E-state index contributed by atoms with van der Waals surface area (Å²) in [5.41, 5.74) is 1.94. The predicted octanol–water partition coefficient (Wildman–Crippen LogP) is 2.14. The quantitative estimate of drug-likeness (QED) is 0.807. The van der Waals surface area contributed by atoms with E-state index in [-0.39, 0.29) is 18.3 Å². The molecule has 0 aliphatic carbocycles. The zero-order valence-corrected chi connectivity index (χ0v) is 11.2. The Bertz CT molecular complexity index is 661. The van der Waals surface area contributed by atoms with Crippen LogP contribution in [0.3, 0.4) is 0 Å². The van der Waals surface area contributed by atoms with Gasteiger partial charge in [-0.05, 0) is 23.8 Å². The van der Waals surface area contributed by atoms with Crippen molar-refractivity contribution in [2.75, 3.05) is 11.9 Å². The second-order valence-electron chi connectivity index (χ2n) is 4.99. The summed E-state index contributed by atoms with van der Waals surface area (Å²) in [4.78, 5) is 11.9. The van der Waals surface area contributed by atoms with Crippen molar-refractivity contribution in [3.8, 4) is 0 Å². The predicted molar refractivity (Wildman–Crippen MR) is 77.2 cm³/mol. The Labute approximate surface area is 121 Å². The van der Waals surface area contributed by atoms with Crippen LogP contribution in [0.5, 0.6) is 0 Å². The van der Waals surface area contributed by atoms with Crippen molar-refractivity contribution >= 4 is 11.6 Å². The maximum Gasteiger partial charge on any atom is 0.246 e. The average Bonchev–Trinajstić information content (AvgIpc) is 2.80. The van der Waals surface area contributed by atoms with Crippen LogP contribution in [-0.4, -0.2) is 17.6 Å². The molecule has 4 nitrogen and oxygen atoms in total. The average molecular weight is 286 g/mol. The van der Waals surface area contributed by atoms with Crippen LogP contribution in [0.4, 0.5) is 10.1 Å². The van der Waals surface area contributed by atoms with Gasteiger partial charge < -0.3 is 10.4 Å². The summed E-state index contributed by atoms with van der Waals surface area (Å²) in [5, 5.41) is 15.8. The van der Waals surface area contributed by atoms with Crippen LogP contribution < -0.4 is 10.6 Å². The highest BCUT2D eigenvalue weighted by atomic mass is 19.1. The summed E-state index contributed by atoms with van der Waals surface area (Å²) >= 11 is 0. The molecular formula is C16H15FN2O2. The Balaban J connectivity index is 1.72. The lowest BCUT2D eigenvalue weighted by Crippen LogP contribution is -2.31. The third kappa shape index (κ3) is 2.79. The van der Waals surface area contributed by atoms with Crippen LogP contribution >= 0.6 is 0 Å². The number of fused-ring (bicyclic) bond motifs is 1. The Kier molecular flexibility index (Phi) is 3.68. The zero-order chi connectivity index (χ0) is 14.8. The highest BCUT2D eigenvalue weighted by molar-refractivity contribution is 6.02. The van der Waals surface area contributed by atoms with E-state index in [9.17, 15) is 14.3 Å². The minimum absolute atomic E-state index is 0.206. The first-order valence-corrected chi connectivity index (χ1v) is 6.72. The Hall–Kier alpha value is -2.24. The van der Waals surface area contributed by atoms with E-state index in [4.69, 9.17) is 0 Å². The monoisotopic (exact) mass is 286 g/mol. The molecule has 0 saturated carbocycles. The molecule has 0 saturated heterocycles. The van der Waals surface area contributed by atoms with Crippen LogP contribution in [0.15, 0.2) is 48.5 Å². The van der Waals surface area contributed by atoms with E-state index in [2.05, 4.69) is 10.6 Å². The fourth-order valence-electron chi connectivity index (χ4n) is 2.46. The first-order valence-electron chi connectivity index (χ1n) is 6.72. The number of hydrogen-bond acceptors (Lipinski definition) is 3. The number of benzene rings is 2. The van der Waals surface area contributed by atoms with Crippen LogP contribution in [0.2, 0.25) is 0 Å². The topological polar surface area (TPSA) is 61.4 Å². The molecule has 0 fully saturated rings. The summed E-state index contributed by atoms with van der Waals surface area (Å²) in [6, 6.07) is 12.7. The summed E-state index contributed by atoms with van der Waals surface area (Å²) in [6.45, 7) is 0.206. The third-order valence-electron chi connectivity index (χ3n) is 3.54. The van der Waals surface area contributed by atoms with E-state index >= 15 is 0 Å². The summed E-state index contributed by atoms with van der Waals surface area (Å²) < 4.78 is 13.3. The molecule has 1 amide bonds. The van der Waals surface area contributed by atoms with Crippen molar-refractivity contribution < 1.29 is 14.3 Å². The number of carbonyl (C=O) groups is 1. The second kappa shape index (κ2) is 5.63. The molecule has 0 bridgehead atoms. The molecule has 0 aromatic heterocycles. The van der Waals surface area contributed by atoms with E-state index in [1.807, 2.05) is 30.3 Å². The number of aliphatic hydroxyl groups is 1. The fourth-order valence-corrected chi connectivity index (χ4v) is 2.46. The minimum Gasteiger partial charge on any atom is -0.387 e. The Morgan fingerprint density at radius 3 is 2.76 bits per heavy atom. The standard InChI is InChI=1S/C16H15FN2O2/c17-11-6-7-13-12(8-11)15(16(21)19-13)18-9-14(20)10-4-2-1-3-5-10/h1-8,14-15,18,20H,9H2,(H,19,21). The number of aliphatic hydroxyl groups excluding tert-OH is 1. The number of carbonyl (C=O) groups excluding carboxylic acids is 1. The number of nitrogens with one attached hydrogen (secondary N) is 2. The molecule has 3 N–H and O–H groups in total. The van der Waals surface area contributed by atoms with Crippen molar-refractivity contribution in [1.29, 1.82) is 0 Å². The SMILES string of the molecule is O=C1Nc2ccc(F)cc2C1NCC(O)c1ccccc1. The molecule has 3 rings (SSSR count). The molecule has 2 aromatic rings. The molecule has 2 unspecified atom stereocenters. The van der Waals surface area contributed by atoms with Crippen molar-refractivity contribution in [2.45, 2.75) is 12.1 Å². The van der Waals surface area contributed by atoms with Gasteiger partial charge in [-0.1, -0.05) is 30.3 Å². The largest absolute Gasteiger partial charge is 0.387 e. The first kappa shape index (κ1) is 13.7. The lowest BCUT2D eigenvalue weighted by molar-refractivity contribution is -0.117. The molecular weight excluding hydrogens is 271 g/mol. The summed E-state index contributed by atoms with van der Waals surface area (Å²) in [5.74, 6) is -0.628. The van der Waals surface area contributed by atoms with Crippen LogP contribution in [0.1, 0.15) is 23.3 Å². The van der Waals surface area contributed by atoms with E-state index < -0.39 is 12.1 Å². The summed E-state index contributed by atoms with van der Waals surface area (Å²) in [7, 11) is 0. The van der Waals surface area contributed by atoms with Crippen molar-refractivity contribution in [2.24, 2.45) is 0 Å². The first-order chi connectivity index (χ1) is 10.1. The van der Waals surface area contributed by atoms with Gasteiger partial charge in [0.05, 0.1) is 6.10 Å². The normalized spacial score (nSPS) is 18.2. The maximum atomic E-state index is 13.3. The van der Waals surface area contributed by atoms with Crippen LogP contribution in [-0.2, 0) is 4.79 Å². The smallest absolute Gasteiger partial charge is 0.246 e. The number of hydrogen-bond donors (Lipinski definition) is 3. The highest BCUT2D eigenvalue weighted by Crippen LogP contribution is 2.31. The lowest BCUT2D eigenvalue weighted by Gasteiger charge is -2.16. The fraction of sp³-hybridized carbons (Fsp3) is 0.188. The second-order valence-corrected chi connectivity index (χ2v) is 4.99. The van der Waals surface area contributed by atoms with E-state index in [1.54, 1.807) is 0 Å². The van der Waals surface area contributed by atoms with Gasteiger partial charge >= 0.3 is 0 Å². The third-order valence-corrected chi connectivity index (χ3v) is 3.54. The minimum atomic E-state index is -0.725. The molecule has 1 aliphatic heterocycles. The van der Waals surface area contributed by atoms with E-state index in [0.717, 1.165) is 5.56 Å². The van der Waals surface area contributed by atoms with Gasteiger partial charge in [0.2, 0.25) is 5.91 Å². The highest BCUT2D eigenvalue weighted by Gasteiger charge is 2.30. The molecule has 0 spiro atoms. The van der Waals surface area contributed by atoms with E-state index in [1.165, 1.54) is 18.2 Å².